The molecule has 1 atom stereocenters. The molecule has 6 rings (SSSR count). The van der Waals surface area contributed by atoms with Gasteiger partial charge in [0.15, 0.2) is 0 Å². The predicted molar refractivity (Wildman–Crippen MR) is 106 cm³/mol. The molecule has 1 unspecified atom stereocenters. The lowest BCUT2D eigenvalue weighted by atomic mass is 10.1. The molecule has 2 aliphatic rings. The third kappa shape index (κ3) is 2.29. The minimum atomic E-state index is -0.691. The van der Waals surface area contributed by atoms with Gasteiger partial charge in [-0.05, 0) is 44.7 Å². The lowest BCUT2D eigenvalue weighted by molar-refractivity contribution is -0.0447. The maximum Gasteiger partial charge on any atom is 0.280 e. The van der Waals surface area contributed by atoms with Gasteiger partial charge in [-0.3, -0.25) is 13.8 Å². The first-order chi connectivity index (χ1) is 14.0. The number of ether oxygens (including phenoxy) is 1. The van der Waals surface area contributed by atoms with Gasteiger partial charge in [0.25, 0.3) is 5.56 Å². The van der Waals surface area contributed by atoms with Crippen LogP contribution in [0.2, 0.25) is 0 Å². The van der Waals surface area contributed by atoms with E-state index in [9.17, 15) is 4.79 Å². The zero-order valence-corrected chi connectivity index (χ0v) is 16.4. The van der Waals surface area contributed by atoms with Crippen molar-refractivity contribution in [1.82, 2.24) is 24.1 Å². The second kappa shape index (κ2) is 5.54. The van der Waals surface area contributed by atoms with E-state index in [-0.39, 0.29) is 11.0 Å². The zero-order chi connectivity index (χ0) is 19.8. The summed E-state index contributed by atoms with van der Waals surface area (Å²) in [6.45, 7) is 4.72. The van der Waals surface area contributed by atoms with Gasteiger partial charge in [0, 0.05) is 12.0 Å². The van der Waals surface area contributed by atoms with E-state index in [4.69, 9.17) is 9.26 Å². The fourth-order valence-corrected chi connectivity index (χ4v) is 4.35. The van der Waals surface area contributed by atoms with Crippen LogP contribution < -0.4 is 5.56 Å². The lowest BCUT2D eigenvalue weighted by Crippen LogP contribution is -2.39. The molecule has 1 aliphatic heterocycles. The van der Waals surface area contributed by atoms with Crippen molar-refractivity contribution in [2.24, 2.45) is 0 Å². The number of benzene rings is 1. The Morgan fingerprint density at radius 3 is 2.62 bits per heavy atom. The molecule has 1 aliphatic carbocycles. The monoisotopic (exact) mass is 391 g/mol. The highest BCUT2D eigenvalue weighted by Gasteiger charge is 2.45. The normalized spacial score (nSPS) is 23.2. The van der Waals surface area contributed by atoms with Crippen molar-refractivity contribution < 1.29 is 9.26 Å². The molecule has 8 nitrogen and oxygen atoms in total. The topological polar surface area (TPSA) is 87.5 Å². The average Bonchev–Trinajstić information content (AvgIpc) is 3.16. The van der Waals surface area contributed by atoms with Crippen LogP contribution in [0.4, 0.5) is 0 Å². The van der Waals surface area contributed by atoms with Crippen LogP contribution in [-0.4, -0.2) is 30.7 Å². The molecule has 2 fully saturated rings. The summed E-state index contributed by atoms with van der Waals surface area (Å²) in [4.78, 5) is 22.8. The third-order valence-electron chi connectivity index (χ3n) is 6.38. The predicted octanol–water partition coefficient (Wildman–Crippen LogP) is 3.23. The molecule has 0 spiro atoms. The van der Waals surface area contributed by atoms with Crippen LogP contribution in [0.5, 0.6) is 0 Å². The molecule has 0 radical (unpaired) electrons. The van der Waals surface area contributed by atoms with E-state index in [0.29, 0.717) is 29.5 Å². The smallest absolute Gasteiger partial charge is 0.280 e. The van der Waals surface area contributed by atoms with Crippen LogP contribution in [0.3, 0.4) is 0 Å². The Morgan fingerprint density at radius 2 is 1.90 bits per heavy atom. The summed E-state index contributed by atoms with van der Waals surface area (Å²) in [5.74, 6) is 0.966. The minimum Gasteiger partial charge on any atom is -0.355 e. The molecule has 8 heteroatoms. The second-order valence-corrected chi connectivity index (χ2v) is 8.55. The highest BCUT2D eigenvalue weighted by molar-refractivity contribution is 5.83. The Kier molecular flexibility index (Phi) is 3.23. The summed E-state index contributed by atoms with van der Waals surface area (Å²) in [5.41, 5.74) is 1.68. The van der Waals surface area contributed by atoms with Gasteiger partial charge in [-0.1, -0.05) is 24.2 Å². The first-order valence-corrected chi connectivity index (χ1v) is 10.0. The van der Waals surface area contributed by atoms with E-state index < -0.39 is 5.72 Å². The summed E-state index contributed by atoms with van der Waals surface area (Å²) in [6.07, 6.45) is 5.42. The van der Waals surface area contributed by atoms with Gasteiger partial charge in [0.05, 0.1) is 11.0 Å². The maximum absolute atomic E-state index is 13.7. The molecular weight excluding hydrogens is 370 g/mol. The number of hydrogen-bond donors (Lipinski definition) is 0. The molecule has 4 heterocycles. The van der Waals surface area contributed by atoms with Crippen molar-refractivity contribution >= 4 is 16.6 Å². The fraction of sp³-hybridized carbons (Fsp3) is 0.429. The Bertz CT molecular complexity index is 1320. The molecular formula is C21H21N5O3. The standard InChI is InChI=1S/C21H21N5O3/c1-20(9-10-20)19-23-17(24-29-19)15-16-18(27)26(21(2)8-5-11-28-21)14-7-4-3-6-13(14)25(16)12-22-15/h3-4,6-7,12H,5,8-11H2,1-2H3. The SMILES string of the molecule is CC1(c2nc(-c3ncn4c3c(=O)n(C3(C)CCCO3)c3ccccc34)no2)CC1. The van der Waals surface area contributed by atoms with Gasteiger partial charge < -0.3 is 9.26 Å². The van der Waals surface area contributed by atoms with Crippen LogP contribution in [0.15, 0.2) is 39.9 Å². The molecule has 3 aromatic heterocycles. The average molecular weight is 391 g/mol. The summed E-state index contributed by atoms with van der Waals surface area (Å²) in [6, 6.07) is 7.81. The van der Waals surface area contributed by atoms with Gasteiger partial charge >= 0.3 is 0 Å². The minimum absolute atomic E-state index is 0.0428. The largest absolute Gasteiger partial charge is 0.355 e. The van der Waals surface area contributed by atoms with E-state index in [1.165, 1.54) is 0 Å². The highest BCUT2D eigenvalue weighted by Crippen LogP contribution is 2.47. The van der Waals surface area contributed by atoms with Gasteiger partial charge in [-0.2, -0.15) is 4.98 Å². The van der Waals surface area contributed by atoms with E-state index in [2.05, 4.69) is 22.0 Å². The summed E-state index contributed by atoms with van der Waals surface area (Å²) in [5, 5.41) is 4.14. The fourth-order valence-electron chi connectivity index (χ4n) is 4.35. The zero-order valence-electron chi connectivity index (χ0n) is 16.4. The second-order valence-electron chi connectivity index (χ2n) is 8.55. The van der Waals surface area contributed by atoms with Crippen molar-refractivity contribution in [2.75, 3.05) is 6.61 Å². The Morgan fingerprint density at radius 1 is 1.10 bits per heavy atom. The number of para-hydroxylation sites is 2. The van der Waals surface area contributed by atoms with Gasteiger partial charge in [-0.15, -0.1) is 0 Å². The highest BCUT2D eigenvalue weighted by atomic mass is 16.5. The van der Waals surface area contributed by atoms with Crippen LogP contribution in [0.25, 0.3) is 28.1 Å². The Balaban J connectivity index is 1.66. The van der Waals surface area contributed by atoms with Crippen LogP contribution in [0, 0.1) is 0 Å². The lowest BCUT2D eigenvalue weighted by Gasteiger charge is -2.28. The molecule has 1 aromatic carbocycles. The van der Waals surface area contributed by atoms with Gasteiger partial charge in [-0.25, -0.2) is 4.98 Å². The van der Waals surface area contributed by atoms with E-state index >= 15 is 0 Å². The number of imidazole rings is 1. The summed E-state index contributed by atoms with van der Waals surface area (Å²) >= 11 is 0. The van der Waals surface area contributed by atoms with Crippen molar-refractivity contribution in [3.05, 3.63) is 46.8 Å². The Hall–Kier alpha value is -3.00. The van der Waals surface area contributed by atoms with Crippen molar-refractivity contribution in [3.8, 4) is 11.5 Å². The molecule has 1 saturated heterocycles. The molecule has 0 amide bonds. The molecule has 1 saturated carbocycles. The number of rotatable bonds is 3. The number of fused-ring (bicyclic) bond motifs is 3. The third-order valence-corrected chi connectivity index (χ3v) is 6.38. The van der Waals surface area contributed by atoms with Crippen molar-refractivity contribution in [1.29, 1.82) is 0 Å². The Labute approximate surface area is 166 Å². The molecule has 148 valence electrons. The number of hydrogen-bond acceptors (Lipinski definition) is 6. The first-order valence-electron chi connectivity index (χ1n) is 10.0. The summed E-state index contributed by atoms with van der Waals surface area (Å²) in [7, 11) is 0. The molecule has 29 heavy (non-hydrogen) atoms. The number of aromatic nitrogens is 5. The number of nitrogens with zero attached hydrogens (tertiary/aromatic N) is 5. The van der Waals surface area contributed by atoms with E-state index in [1.807, 2.05) is 35.6 Å². The summed E-state index contributed by atoms with van der Waals surface area (Å²) < 4.78 is 15.1. The van der Waals surface area contributed by atoms with E-state index in [1.54, 1.807) is 10.9 Å². The van der Waals surface area contributed by atoms with Crippen LogP contribution >= 0.6 is 0 Å². The van der Waals surface area contributed by atoms with Crippen molar-refractivity contribution in [2.45, 2.75) is 50.7 Å². The van der Waals surface area contributed by atoms with Crippen molar-refractivity contribution in [3.63, 3.8) is 0 Å². The van der Waals surface area contributed by atoms with Gasteiger partial charge in [0.2, 0.25) is 11.7 Å². The van der Waals surface area contributed by atoms with Gasteiger partial charge in [0.1, 0.15) is 23.3 Å². The van der Waals surface area contributed by atoms with E-state index in [0.717, 1.165) is 36.7 Å². The molecule has 0 bridgehead atoms. The molecule has 0 N–H and O–H groups in total. The van der Waals surface area contributed by atoms with Crippen LogP contribution in [0.1, 0.15) is 45.4 Å². The quantitative estimate of drug-likeness (QED) is 0.533. The maximum atomic E-state index is 13.7. The first kappa shape index (κ1) is 16.9. The van der Waals surface area contributed by atoms with Crippen LogP contribution in [-0.2, 0) is 15.9 Å². The molecule has 4 aromatic rings.